The average Bonchev–Trinajstić information content (AvgIpc) is 1.27. The van der Waals surface area contributed by atoms with E-state index >= 15 is 0 Å². The van der Waals surface area contributed by atoms with E-state index in [4.69, 9.17) is 35.7 Å². The van der Waals surface area contributed by atoms with E-state index in [0.717, 1.165) is 132 Å². The van der Waals surface area contributed by atoms with E-state index < -0.39 is 13.4 Å². The van der Waals surface area contributed by atoms with Gasteiger partial charge in [0.05, 0.1) is 22.7 Å². The summed E-state index contributed by atoms with van der Waals surface area (Å²) in [7, 11) is 0. The fourth-order valence-electron chi connectivity index (χ4n) is 14.9. The van der Waals surface area contributed by atoms with Crippen LogP contribution in [0.4, 0.5) is 63.9 Å². The van der Waals surface area contributed by atoms with Gasteiger partial charge in [0.2, 0.25) is 41.2 Å². The van der Waals surface area contributed by atoms with Crippen LogP contribution in [0.5, 0.6) is 0 Å². The number of nitrogens with zero attached hydrogens (tertiary/aromatic N) is 4. The van der Waals surface area contributed by atoms with Crippen LogP contribution in [0.25, 0.3) is 76.8 Å². The summed E-state index contributed by atoms with van der Waals surface area (Å²) in [5, 5.41) is 6.60. The quantitative estimate of drug-likeness (QED) is 0.156. The fourth-order valence-corrected chi connectivity index (χ4v) is 14.9. The first-order valence-electron chi connectivity index (χ1n) is 28.4. The molecule has 0 amide bonds. The first kappa shape index (κ1) is 43.7. The van der Waals surface area contributed by atoms with E-state index in [2.05, 4.69) is 159 Å². The van der Waals surface area contributed by atoms with E-state index in [-0.39, 0.29) is 12.0 Å². The van der Waals surface area contributed by atoms with E-state index in [1.807, 2.05) is 78.9 Å². The number of hydrogen-bond acceptors (Lipinski definition) is 12. The molecule has 392 valence electrons. The van der Waals surface area contributed by atoms with Crippen LogP contribution < -0.4 is 52.4 Å². The summed E-state index contributed by atoms with van der Waals surface area (Å²) in [6.07, 6.45) is 10.5. The molecule has 5 aliphatic heterocycles. The molecule has 0 N–H and O–H groups in total. The van der Waals surface area contributed by atoms with Crippen molar-refractivity contribution in [1.29, 1.82) is 0 Å². The van der Waals surface area contributed by atoms with Gasteiger partial charge >= 0.3 is 0 Å². The van der Waals surface area contributed by atoms with Crippen LogP contribution in [0.2, 0.25) is 0 Å². The predicted octanol–water partition coefficient (Wildman–Crippen LogP) is 14.7. The van der Waals surface area contributed by atoms with Crippen molar-refractivity contribution >= 4 is 187 Å². The molecule has 12 nitrogen and oxygen atoms in total. The molecular weight excluding hydrogens is 1050 g/mol. The Balaban J connectivity index is 1.04. The zero-order valence-electron chi connectivity index (χ0n) is 44.1. The predicted molar refractivity (Wildman–Crippen MR) is 332 cm³/mol. The summed E-state index contributed by atoms with van der Waals surface area (Å²) in [6, 6.07) is 64.2. The van der Waals surface area contributed by atoms with Crippen molar-refractivity contribution in [3.05, 3.63) is 224 Å². The Hall–Kier alpha value is -11.1. The highest BCUT2D eigenvalue weighted by molar-refractivity contribution is 7.06. The van der Waals surface area contributed by atoms with Crippen molar-refractivity contribution in [2.75, 3.05) is 19.6 Å². The summed E-state index contributed by atoms with van der Waals surface area (Å²) >= 11 is 0. The second-order valence-electron chi connectivity index (χ2n) is 22.5. The molecule has 0 radical (unpaired) electrons. The van der Waals surface area contributed by atoms with Gasteiger partial charge in [-0.15, -0.1) is 0 Å². The molecular formula is C70H38B2N4O8. The number of furan rings is 7. The van der Waals surface area contributed by atoms with Gasteiger partial charge in [-0.1, -0.05) is 146 Å². The van der Waals surface area contributed by atoms with Gasteiger partial charge in [-0.25, -0.2) is 19.6 Å². The lowest BCUT2D eigenvalue weighted by atomic mass is 9.30. The summed E-state index contributed by atoms with van der Waals surface area (Å²) in [4.78, 5) is 8.90. The molecule has 8 aromatic carbocycles. The lowest BCUT2D eigenvalue weighted by Gasteiger charge is -2.48. The third-order valence-corrected chi connectivity index (χ3v) is 18.2. The third kappa shape index (κ3) is 5.41. The number of para-hydroxylation sites is 7. The Morgan fingerprint density at radius 1 is 0.310 bits per heavy atom. The number of rotatable bonds is 4. The molecule has 6 aliphatic rings. The van der Waals surface area contributed by atoms with Crippen LogP contribution in [0.3, 0.4) is 0 Å². The summed E-state index contributed by atoms with van der Waals surface area (Å²) < 4.78 is 59.1. The van der Waals surface area contributed by atoms with Crippen LogP contribution in [0, 0.1) is 5.92 Å². The van der Waals surface area contributed by atoms with Gasteiger partial charge in [0.15, 0.2) is 5.88 Å². The highest BCUT2D eigenvalue weighted by Gasteiger charge is 2.59. The summed E-state index contributed by atoms with van der Waals surface area (Å²) in [6.45, 7) is -1.12. The molecule has 21 rings (SSSR count). The Bertz CT molecular complexity index is 5430. The van der Waals surface area contributed by atoms with E-state index in [1.165, 1.54) is 0 Å². The third-order valence-electron chi connectivity index (χ3n) is 18.2. The van der Waals surface area contributed by atoms with Crippen LogP contribution in [-0.4, -0.2) is 19.5 Å². The zero-order valence-corrected chi connectivity index (χ0v) is 44.1. The van der Waals surface area contributed by atoms with Gasteiger partial charge < -0.3 is 35.7 Å². The van der Waals surface area contributed by atoms with Crippen LogP contribution in [0.1, 0.15) is 0 Å². The SMILES string of the molecule is C1=CC2C=C(N3c4oc5ccccc5c4B4c5c3c3c6c(c5N(c5cc7ccccc7o5)c5oc7ccccc7c54)N(c4cc5ccccc5o4)c4oc5ccccc5c4B6c4c(oc5ccccc45)N3c3cc4ccccc4o3)OC2C=C1. The second kappa shape index (κ2) is 15.5. The maximum atomic E-state index is 7.50. The Morgan fingerprint density at radius 3 is 1.00 bits per heavy atom. The molecule has 15 aromatic rings. The van der Waals surface area contributed by atoms with Crippen molar-refractivity contribution < 1.29 is 35.7 Å². The maximum Gasteiger partial charge on any atom is 0.262 e. The van der Waals surface area contributed by atoms with Crippen LogP contribution >= 0.6 is 0 Å². The lowest BCUT2D eigenvalue weighted by molar-refractivity contribution is 0.161. The van der Waals surface area contributed by atoms with Gasteiger partial charge in [0.25, 0.3) is 13.4 Å². The highest BCUT2D eigenvalue weighted by atomic mass is 16.5. The van der Waals surface area contributed by atoms with Crippen molar-refractivity contribution in [2.45, 2.75) is 6.10 Å². The second-order valence-corrected chi connectivity index (χ2v) is 22.5. The van der Waals surface area contributed by atoms with Gasteiger partial charge in [0.1, 0.15) is 45.2 Å². The fraction of sp³-hybridized carbons (Fsp3) is 0.0286. The van der Waals surface area contributed by atoms with E-state index in [0.29, 0.717) is 47.1 Å². The summed E-state index contributed by atoms with van der Waals surface area (Å²) in [5.41, 5.74) is 13.9. The topological polar surface area (TPSA) is 114 Å². The molecule has 14 heteroatoms. The number of allylic oxidation sites excluding steroid dienone is 2. The Labute approximate surface area is 476 Å². The zero-order chi connectivity index (χ0) is 54.2. The minimum Gasteiger partial charge on any atom is -0.470 e. The number of hydrogen-bond donors (Lipinski definition) is 0. The summed E-state index contributed by atoms with van der Waals surface area (Å²) in [5.74, 6) is 4.64. The lowest BCUT2D eigenvalue weighted by Crippen LogP contribution is -2.66. The van der Waals surface area contributed by atoms with Crippen molar-refractivity contribution in [2.24, 2.45) is 5.92 Å². The molecule has 2 unspecified atom stereocenters. The smallest absolute Gasteiger partial charge is 0.262 e. The van der Waals surface area contributed by atoms with E-state index in [1.54, 1.807) is 0 Å². The molecule has 1 aliphatic carbocycles. The van der Waals surface area contributed by atoms with Gasteiger partial charge in [-0.3, -0.25) is 0 Å². The Kier molecular flexibility index (Phi) is 8.03. The molecule has 84 heavy (non-hydrogen) atoms. The molecule has 12 heterocycles. The maximum absolute atomic E-state index is 7.50. The number of ether oxygens (including phenoxy) is 1. The standard InChI is InChI=1S/C70H38B2N4O8/c1-9-25-45-37(17-1)33-53(77-45)73-63-61-65(75(55-35-39-19-3-11-27-47(39)79-55)69-58(42-22-6-14-30-50(42)83-69)71(61)57-41-21-5-13-29-49(41)81-67(57)73)66-62-64(63)74(54-34-38-18-2-10-26-46(38)78-54)68-59(43-23-7-15-31-51(43)82-68)72(62)60-44-24-8-16-32-52(44)84-70(60)76(66)56-36-40-20-4-12-28-48(40)80-56/h1-37,45H. The minimum absolute atomic E-state index is 0.0681. The number of anilines is 11. The molecule has 2 atom stereocenters. The van der Waals surface area contributed by atoms with Crippen molar-refractivity contribution in [3.8, 4) is 0 Å². The molecule has 7 aromatic heterocycles. The van der Waals surface area contributed by atoms with Crippen molar-refractivity contribution in [1.82, 2.24) is 0 Å². The van der Waals surface area contributed by atoms with Crippen molar-refractivity contribution in [3.63, 3.8) is 0 Å². The molecule has 0 fully saturated rings. The molecule has 0 spiro atoms. The van der Waals surface area contributed by atoms with Crippen LogP contribution in [0.15, 0.2) is 255 Å². The normalized spacial score (nSPS) is 17.0. The Morgan fingerprint density at radius 2 is 0.631 bits per heavy atom. The number of benzene rings is 8. The molecule has 0 bridgehead atoms. The molecule has 0 saturated carbocycles. The molecule has 0 saturated heterocycles. The largest absolute Gasteiger partial charge is 0.470 e. The average molecular weight is 1080 g/mol. The van der Waals surface area contributed by atoms with Crippen LogP contribution in [-0.2, 0) is 4.74 Å². The van der Waals surface area contributed by atoms with Gasteiger partial charge in [-0.05, 0) is 65.5 Å². The highest BCUT2D eigenvalue weighted by Crippen LogP contribution is 2.60. The van der Waals surface area contributed by atoms with E-state index in [9.17, 15) is 0 Å². The first-order valence-corrected chi connectivity index (χ1v) is 28.4. The van der Waals surface area contributed by atoms with Gasteiger partial charge in [-0.2, -0.15) is 0 Å². The number of fused-ring (bicyclic) bond motifs is 22. The van der Waals surface area contributed by atoms with Gasteiger partial charge in [0, 0.05) is 83.7 Å². The first-order chi connectivity index (χ1) is 41.7. The minimum atomic E-state index is -0.561. The monoisotopic (exact) mass is 1080 g/mol.